The third kappa shape index (κ3) is 2.41. The van der Waals surface area contributed by atoms with Gasteiger partial charge in [0.25, 0.3) is 5.91 Å². The Morgan fingerprint density at radius 2 is 2.14 bits per heavy atom. The van der Waals surface area contributed by atoms with Gasteiger partial charge in [-0.1, -0.05) is 30.3 Å². The predicted octanol–water partition coefficient (Wildman–Crippen LogP) is 1.91. The van der Waals surface area contributed by atoms with E-state index in [1.54, 1.807) is 17.0 Å². The Morgan fingerprint density at radius 3 is 2.95 bits per heavy atom. The summed E-state index contributed by atoms with van der Waals surface area (Å²) in [6.45, 7) is 0.975. The number of nitriles is 1. The molecular weight excluding hydrogens is 268 g/mol. The van der Waals surface area contributed by atoms with Crippen molar-refractivity contribution in [1.82, 2.24) is 4.90 Å². The first-order valence-electron chi connectivity index (χ1n) is 6.72. The van der Waals surface area contributed by atoms with Gasteiger partial charge in [-0.05, 0) is 11.5 Å². The molecule has 2 aromatic rings. The van der Waals surface area contributed by atoms with Gasteiger partial charge < -0.3 is 14.7 Å². The van der Waals surface area contributed by atoms with Crippen LogP contribution in [-0.2, 0) is 4.74 Å². The Morgan fingerprint density at radius 1 is 1.33 bits per heavy atom. The lowest BCUT2D eigenvalue weighted by Crippen LogP contribution is -2.45. The molecule has 0 aromatic heterocycles. The van der Waals surface area contributed by atoms with Crippen LogP contribution in [-0.4, -0.2) is 41.7 Å². The van der Waals surface area contributed by atoms with Gasteiger partial charge in [-0.2, -0.15) is 5.26 Å². The number of carbonyl (C=O) groups excluding carboxylic acids is 1. The van der Waals surface area contributed by atoms with E-state index in [-0.39, 0.29) is 23.8 Å². The number of hydrogen-bond acceptors (Lipinski definition) is 4. The fraction of sp³-hybridized carbons (Fsp3) is 0.250. The summed E-state index contributed by atoms with van der Waals surface area (Å²) in [5, 5.41) is 20.7. The van der Waals surface area contributed by atoms with E-state index in [2.05, 4.69) is 0 Å². The van der Waals surface area contributed by atoms with Crippen molar-refractivity contribution >= 4 is 16.7 Å². The molecule has 106 valence electrons. The number of fused-ring (bicyclic) bond motifs is 1. The van der Waals surface area contributed by atoms with Gasteiger partial charge in [0.05, 0.1) is 24.8 Å². The largest absolute Gasteiger partial charge is 0.506 e. The molecule has 1 heterocycles. The first-order chi connectivity index (χ1) is 10.2. The van der Waals surface area contributed by atoms with E-state index in [4.69, 9.17) is 10.00 Å². The number of phenols is 1. The smallest absolute Gasteiger partial charge is 0.257 e. The van der Waals surface area contributed by atoms with Crippen molar-refractivity contribution in [3.63, 3.8) is 0 Å². The first-order valence-corrected chi connectivity index (χ1v) is 6.72. The van der Waals surface area contributed by atoms with Crippen LogP contribution in [0.3, 0.4) is 0 Å². The first kappa shape index (κ1) is 13.4. The highest BCUT2D eigenvalue weighted by Crippen LogP contribution is 2.29. The number of morpholine rings is 1. The lowest BCUT2D eigenvalue weighted by molar-refractivity contribution is 0.00335. The van der Waals surface area contributed by atoms with Crippen molar-refractivity contribution in [2.75, 3.05) is 19.7 Å². The van der Waals surface area contributed by atoms with Crippen LogP contribution in [0, 0.1) is 11.3 Å². The molecule has 5 nitrogen and oxygen atoms in total. The maximum absolute atomic E-state index is 12.5. The van der Waals surface area contributed by atoms with E-state index in [9.17, 15) is 9.90 Å². The molecule has 1 atom stereocenters. The van der Waals surface area contributed by atoms with E-state index in [0.717, 1.165) is 5.39 Å². The molecular formula is C16H14N2O3. The van der Waals surface area contributed by atoms with E-state index in [1.807, 2.05) is 30.3 Å². The summed E-state index contributed by atoms with van der Waals surface area (Å²) in [7, 11) is 0. The zero-order valence-corrected chi connectivity index (χ0v) is 11.3. The molecule has 3 rings (SSSR count). The molecule has 0 saturated carbocycles. The normalized spacial score (nSPS) is 18.4. The molecule has 2 aromatic carbocycles. The van der Waals surface area contributed by atoms with Crippen LogP contribution in [0.4, 0.5) is 0 Å². The SMILES string of the molecule is N#CC1CN(C(=O)c2ccc3ccccc3c2O)CCO1. The van der Waals surface area contributed by atoms with Gasteiger partial charge in [0.15, 0.2) is 6.10 Å². The molecule has 1 aliphatic heterocycles. The average Bonchev–Trinajstić information content (AvgIpc) is 2.55. The summed E-state index contributed by atoms with van der Waals surface area (Å²) in [6, 6.07) is 12.8. The molecule has 1 amide bonds. The third-order valence-electron chi connectivity index (χ3n) is 3.63. The molecule has 21 heavy (non-hydrogen) atoms. The zero-order valence-electron chi connectivity index (χ0n) is 11.3. The third-order valence-corrected chi connectivity index (χ3v) is 3.63. The van der Waals surface area contributed by atoms with E-state index >= 15 is 0 Å². The Labute approximate surface area is 122 Å². The molecule has 1 unspecified atom stereocenters. The number of nitrogens with zero attached hydrogens (tertiary/aromatic N) is 2. The number of aromatic hydroxyl groups is 1. The summed E-state index contributed by atoms with van der Waals surface area (Å²) in [5.41, 5.74) is 0.257. The minimum atomic E-state index is -0.606. The van der Waals surface area contributed by atoms with Gasteiger partial charge in [-0.3, -0.25) is 4.79 Å². The van der Waals surface area contributed by atoms with Gasteiger partial charge in [0.1, 0.15) is 5.75 Å². The summed E-state index contributed by atoms with van der Waals surface area (Å²) < 4.78 is 5.23. The lowest BCUT2D eigenvalue weighted by Gasteiger charge is -2.30. The monoisotopic (exact) mass is 282 g/mol. The maximum atomic E-state index is 12.5. The highest BCUT2D eigenvalue weighted by Gasteiger charge is 2.26. The van der Waals surface area contributed by atoms with Gasteiger partial charge >= 0.3 is 0 Å². The van der Waals surface area contributed by atoms with Crippen molar-refractivity contribution in [1.29, 1.82) is 5.26 Å². The van der Waals surface area contributed by atoms with Crippen molar-refractivity contribution in [3.8, 4) is 11.8 Å². The number of benzene rings is 2. The molecule has 1 saturated heterocycles. The Bertz CT molecular complexity index is 736. The second kappa shape index (κ2) is 5.43. The van der Waals surface area contributed by atoms with Gasteiger partial charge in [-0.25, -0.2) is 0 Å². The van der Waals surface area contributed by atoms with E-state index in [1.165, 1.54) is 0 Å². The fourth-order valence-corrected chi connectivity index (χ4v) is 2.51. The quantitative estimate of drug-likeness (QED) is 0.867. The van der Waals surface area contributed by atoms with E-state index < -0.39 is 6.10 Å². The Balaban J connectivity index is 1.95. The number of rotatable bonds is 1. The summed E-state index contributed by atoms with van der Waals surface area (Å²) in [5.74, 6) is -0.292. The molecule has 0 aliphatic carbocycles. The second-order valence-electron chi connectivity index (χ2n) is 4.92. The van der Waals surface area contributed by atoms with Crippen LogP contribution in [0.15, 0.2) is 36.4 Å². The van der Waals surface area contributed by atoms with E-state index in [0.29, 0.717) is 18.5 Å². The predicted molar refractivity (Wildman–Crippen MR) is 76.9 cm³/mol. The van der Waals surface area contributed by atoms with Crippen LogP contribution in [0.5, 0.6) is 5.75 Å². The van der Waals surface area contributed by atoms with Crippen molar-refractivity contribution in [3.05, 3.63) is 42.0 Å². The highest BCUT2D eigenvalue weighted by atomic mass is 16.5. The molecule has 1 fully saturated rings. The molecule has 1 N–H and O–H groups in total. The topological polar surface area (TPSA) is 73.6 Å². The number of amides is 1. The molecule has 5 heteroatoms. The standard InChI is InChI=1S/C16H14N2O3/c17-9-12-10-18(7-8-21-12)16(20)14-6-5-11-3-1-2-4-13(11)15(14)19/h1-6,12,19H,7-8,10H2. The molecule has 0 bridgehead atoms. The number of ether oxygens (including phenoxy) is 1. The van der Waals surface area contributed by atoms with Crippen LogP contribution in [0.2, 0.25) is 0 Å². The van der Waals surface area contributed by atoms with Gasteiger partial charge in [0.2, 0.25) is 0 Å². The van der Waals surface area contributed by atoms with Crippen LogP contribution < -0.4 is 0 Å². The second-order valence-corrected chi connectivity index (χ2v) is 4.92. The van der Waals surface area contributed by atoms with Gasteiger partial charge in [0, 0.05) is 11.9 Å². The van der Waals surface area contributed by atoms with Crippen LogP contribution >= 0.6 is 0 Å². The summed E-state index contributed by atoms with van der Waals surface area (Å²) in [6.07, 6.45) is -0.606. The maximum Gasteiger partial charge on any atom is 0.257 e. The van der Waals surface area contributed by atoms with Crippen molar-refractivity contribution in [2.24, 2.45) is 0 Å². The fourth-order valence-electron chi connectivity index (χ4n) is 2.51. The molecule has 1 aliphatic rings. The average molecular weight is 282 g/mol. The number of hydrogen-bond donors (Lipinski definition) is 1. The number of carbonyl (C=O) groups is 1. The molecule has 0 radical (unpaired) electrons. The van der Waals surface area contributed by atoms with Crippen molar-refractivity contribution in [2.45, 2.75) is 6.10 Å². The zero-order chi connectivity index (χ0) is 14.8. The highest BCUT2D eigenvalue weighted by molar-refractivity contribution is 6.03. The minimum Gasteiger partial charge on any atom is -0.506 e. The number of phenolic OH excluding ortho intramolecular Hbond substituents is 1. The Kier molecular flexibility index (Phi) is 3.46. The minimum absolute atomic E-state index is 0.0156. The van der Waals surface area contributed by atoms with Crippen LogP contribution in [0.25, 0.3) is 10.8 Å². The summed E-state index contributed by atoms with van der Waals surface area (Å²) in [4.78, 5) is 14.1. The summed E-state index contributed by atoms with van der Waals surface area (Å²) >= 11 is 0. The van der Waals surface area contributed by atoms with Crippen molar-refractivity contribution < 1.29 is 14.6 Å². The van der Waals surface area contributed by atoms with Crippen LogP contribution in [0.1, 0.15) is 10.4 Å². The molecule has 0 spiro atoms. The Hall–Kier alpha value is -2.58. The van der Waals surface area contributed by atoms with Gasteiger partial charge in [-0.15, -0.1) is 0 Å². The lowest BCUT2D eigenvalue weighted by atomic mass is 10.0.